The second-order valence-electron chi connectivity index (χ2n) is 5.65. The summed E-state index contributed by atoms with van der Waals surface area (Å²) in [5, 5.41) is 0.700. The van der Waals surface area contributed by atoms with Crippen molar-refractivity contribution in [2.24, 2.45) is 0 Å². The van der Waals surface area contributed by atoms with Crippen molar-refractivity contribution in [3.63, 3.8) is 0 Å². The molecular weight excluding hydrogens is 340 g/mol. The molecule has 0 spiro atoms. The fourth-order valence-electron chi connectivity index (χ4n) is 2.57. The van der Waals surface area contributed by atoms with Crippen LogP contribution in [-0.2, 0) is 24.2 Å². The Kier molecular flexibility index (Phi) is 6.71. The van der Waals surface area contributed by atoms with E-state index < -0.39 is 6.16 Å². The third kappa shape index (κ3) is 4.67. The molecule has 5 heteroatoms. The molecule has 0 unspecified atom stereocenters. The maximum Gasteiger partial charge on any atom is 0.513 e. The molecule has 0 radical (unpaired) electrons. The molecule has 0 aliphatic heterocycles. The van der Waals surface area contributed by atoms with Crippen molar-refractivity contribution in [1.29, 1.82) is 0 Å². The van der Waals surface area contributed by atoms with Crippen LogP contribution >= 0.6 is 11.6 Å². The van der Waals surface area contributed by atoms with Gasteiger partial charge in [-0.05, 0) is 48.6 Å². The minimum absolute atomic E-state index is 0.272. The fourth-order valence-corrected chi connectivity index (χ4v) is 2.86. The lowest BCUT2D eigenvalue weighted by atomic mass is 10.1. The molecule has 0 aliphatic rings. The molecule has 25 heavy (non-hydrogen) atoms. The third-order valence-corrected chi connectivity index (χ3v) is 4.44. The predicted molar refractivity (Wildman–Crippen MR) is 98.8 cm³/mol. The Balaban J connectivity index is 2.27. The Morgan fingerprint density at radius 3 is 2.44 bits per heavy atom. The largest absolute Gasteiger partial charge is 0.513 e. The Hall–Kier alpha value is -2.20. The van der Waals surface area contributed by atoms with Crippen molar-refractivity contribution in [2.45, 2.75) is 40.2 Å². The molecule has 134 valence electrons. The average Bonchev–Trinajstić information content (AvgIpc) is 2.61. The SMILES string of the molecule is CCc1cc(CC)c(OCc2c(C)cccc2OC(=O)OC)cc1Cl. The maximum absolute atomic E-state index is 11.4. The van der Waals surface area contributed by atoms with E-state index in [0.717, 1.165) is 40.8 Å². The highest BCUT2D eigenvalue weighted by molar-refractivity contribution is 6.31. The van der Waals surface area contributed by atoms with Crippen molar-refractivity contribution in [1.82, 2.24) is 0 Å². The lowest BCUT2D eigenvalue weighted by molar-refractivity contribution is 0.120. The highest BCUT2D eigenvalue weighted by atomic mass is 35.5. The molecule has 0 saturated heterocycles. The first kappa shape index (κ1) is 19.1. The summed E-state index contributed by atoms with van der Waals surface area (Å²) in [6.07, 6.45) is 0.969. The van der Waals surface area contributed by atoms with E-state index in [2.05, 4.69) is 24.7 Å². The monoisotopic (exact) mass is 362 g/mol. The van der Waals surface area contributed by atoms with Crippen LogP contribution in [-0.4, -0.2) is 13.3 Å². The first-order chi connectivity index (χ1) is 12.0. The van der Waals surface area contributed by atoms with E-state index in [1.807, 2.05) is 25.1 Å². The summed E-state index contributed by atoms with van der Waals surface area (Å²) in [4.78, 5) is 11.4. The normalized spacial score (nSPS) is 10.4. The molecule has 0 amide bonds. The number of hydrogen-bond acceptors (Lipinski definition) is 4. The second-order valence-corrected chi connectivity index (χ2v) is 6.06. The summed E-state index contributed by atoms with van der Waals surface area (Å²) >= 11 is 6.32. The van der Waals surface area contributed by atoms with Gasteiger partial charge in [-0.2, -0.15) is 0 Å². The van der Waals surface area contributed by atoms with Crippen LogP contribution in [0.5, 0.6) is 11.5 Å². The molecule has 0 saturated carbocycles. The quantitative estimate of drug-likeness (QED) is 0.503. The predicted octanol–water partition coefficient (Wildman–Crippen LogP) is 5.50. The van der Waals surface area contributed by atoms with Gasteiger partial charge in [0.25, 0.3) is 0 Å². The van der Waals surface area contributed by atoms with Crippen LogP contribution < -0.4 is 9.47 Å². The van der Waals surface area contributed by atoms with Crippen LogP contribution in [0.4, 0.5) is 4.79 Å². The zero-order valence-corrected chi connectivity index (χ0v) is 15.8. The van der Waals surface area contributed by atoms with Crippen LogP contribution in [0.15, 0.2) is 30.3 Å². The summed E-state index contributed by atoms with van der Waals surface area (Å²) in [7, 11) is 1.28. The average molecular weight is 363 g/mol. The molecular formula is C20H23ClO4. The van der Waals surface area contributed by atoms with Gasteiger partial charge in [-0.15, -0.1) is 0 Å². The van der Waals surface area contributed by atoms with E-state index in [0.29, 0.717) is 10.8 Å². The van der Waals surface area contributed by atoms with Gasteiger partial charge >= 0.3 is 6.16 Å². The van der Waals surface area contributed by atoms with Crippen LogP contribution in [0.2, 0.25) is 5.02 Å². The van der Waals surface area contributed by atoms with Crippen molar-refractivity contribution in [3.8, 4) is 11.5 Å². The van der Waals surface area contributed by atoms with E-state index in [1.54, 1.807) is 6.07 Å². The number of rotatable bonds is 6. The van der Waals surface area contributed by atoms with E-state index in [1.165, 1.54) is 7.11 Å². The molecule has 0 heterocycles. The van der Waals surface area contributed by atoms with E-state index in [-0.39, 0.29) is 6.61 Å². The summed E-state index contributed by atoms with van der Waals surface area (Å²) in [6, 6.07) is 9.43. The number of carbonyl (C=O) groups is 1. The number of carbonyl (C=O) groups excluding carboxylic acids is 1. The van der Waals surface area contributed by atoms with Gasteiger partial charge in [-0.1, -0.05) is 43.6 Å². The van der Waals surface area contributed by atoms with Gasteiger partial charge in [0, 0.05) is 10.6 Å². The van der Waals surface area contributed by atoms with Crippen molar-refractivity contribution in [3.05, 3.63) is 57.6 Å². The molecule has 2 aromatic rings. The van der Waals surface area contributed by atoms with Crippen LogP contribution in [0.25, 0.3) is 0 Å². The highest BCUT2D eigenvalue weighted by Crippen LogP contribution is 2.30. The lowest BCUT2D eigenvalue weighted by Gasteiger charge is -2.16. The van der Waals surface area contributed by atoms with Crippen molar-refractivity contribution in [2.75, 3.05) is 7.11 Å². The second kappa shape index (κ2) is 8.77. The number of benzene rings is 2. The van der Waals surface area contributed by atoms with E-state index >= 15 is 0 Å². The van der Waals surface area contributed by atoms with Crippen LogP contribution in [0.3, 0.4) is 0 Å². The topological polar surface area (TPSA) is 44.8 Å². The smallest absolute Gasteiger partial charge is 0.488 e. The fraction of sp³-hybridized carbons (Fsp3) is 0.350. The summed E-state index contributed by atoms with van der Waals surface area (Å²) in [5.41, 5.74) is 3.98. The minimum Gasteiger partial charge on any atom is -0.488 e. The van der Waals surface area contributed by atoms with E-state index in [9.17, 15) is 4.79 Å². The summed E-state index contributed by atoms with van der Waals surface area (Å²) < 4.78 is 15.8. The summed E-state index contributed by atoms with van der Waals surface area (Å²) in [6.45, 7) is 6.37. The maximum atomic E-state index is 11.4. The first-order valence-corrected chi connectivity index (χ1v) is 8.66. The molecule has 0 atom stereocenters. The van der Waals surface area contributed by atoms with Gasteiger partial charge in [0.1, 0.15) is 18.1 Å². The molecule has 0 aromatic heterocycles. The minimum atomic E-state index is -0.753. The number of aryl methyl sites for hydroxylation is 3. The number of halogens is 1. The van der Waals surface area contributed by atoms with Crippen LogP contribution in [0, 0.1) is 6.92 Å². The zero-order valence-electron chi connectivity index (χ0n) is 15.0. The van der Waals surface area contributed by atoms with Gasteiger partial charge < -0.3 is 14.2 Å². The molecule has 0 bridgehead atoms. The third-order valence-electron chi connectivity index (χ3n) is 4.09. The van der Waals surface area contributed by atoms with Gasteiger partial charge in [-0.25, -0.2) is 4.79 Å². The molecule has 0 aliphatic carbocycles. The van der Waals surface area contributed by atoms with Gasteiger partial charge in [0.05, 0.1) is 7.11 Å². The molecule has 0 N–H and O–H groups in total. The van der Waals surface area contributed by atoms with Gasteiger partial charge in [0.2, 0.25) is 0 Å². The van der Waals surface area contributed by atoms with Gasteiger partial charge in [-0.3, -0.25) is 0 Å². The number of ether oxygens (including phenoxy) is 3. The highest BCUT2D eigenvalue weighted by Gasteiger charge is 2.14. The van der Waals surface area contributed by atoms with Crippen molar-refractivity contribution < 1.29 is 19.0 Å². The lowest BCUT2D eigenvalue weighted by Crippen LogP contribution is -2.11. The number of methoxy groups -OCH3 is 1. The Morgan fingerprint density at radius 2 is 1.80 bits per heavy atom. The number of hydrogen-bond donors (Lipinski definition) is 0. The first-order valence-electron chi connectivity index (χ1n) is 8.28. The molecule has 4 nitrogen and oxygen atoms in total. The Morgan fingerprint density at radius 1 is 1.08 bits per heavy atom. The van der Waals surface area contributed by atoms with E-state index in [4.69, 9.17) is 21.1 Å². The molecule has 0 fully saturated rings. The zero-order chi connectivity index (χ0) is 18.4. The Bertz CT molecular complexity index is 756. The van der Waals surface area contributed by atoms with Crippen molar-refractivity contribution >= 4 is 17.8 Å². The molecule has 2 aromatic carbocycles. The molecule has 2 rings (SSSR count). The Labute approximate surface area is 153 Å². The van der Waals surface area contributed by atoms with Gasteiger partial charge in [0.15, 0.2) is 0 Å². The van der Waals surface area contributed by atoms with Crippen LogP contribution in [0.1, 0.15) is 36.1 Å². The standard InChI is InChI=1S/C20H23ClO4/c1-5-14-10-15(6-2)19(11-17(14)21)24-12-16-13(3)8-7-9-18(16)25-20(22)23-4/h7-11H,5-6,12H2,1-4H3. The summed E-state index contributed by atoms with van der Waals surface area (Å²) in [5.74, 6) is 1.18.